The second-order valence-electron chi connectivity index (χ2n) is 7.23. The minimum atomic E-state index is 0.226. The van der Waals surface area contributed by atoms with E-state index in [4.69, 9.17) is 4.74 Å². The fraction of sp³-hybridized carbons (Fsp3) is 1.00. The maximum absolute atomic E-state index is 6.14. The summed E-state index contributed by atoms with van der Waals surface area (Å²) in [5, 5.41) is 3.98. The molecule has 0 bridgehead atoms. The third kappa shape index (κ3) is 3.72. The Morgan fingerprint density at radius 2 is 1.95 bits per heavy atom. The van der Waals surface area contributed by atoms with Crippen molar-refractivity contribution in [1.82, 2.24) is 5.32 Å². The molecule has 20 heavy (non-hydrogen) atoms. The summed E-state index contributed by atoms with van der Waals surface area (Å²) < 4.78 is 6.14. The van der Waals surface area contributed by atoms with Crippen LogP contribution in [0.4, 0.5) is 0 Å². The Morgan fingerprint density at radius 1 is 1.15 bits per heavy atom. The maximum atomic E-state index is 6.14. The molecule has 0 aromatic carbocycles. The minimum absolute atomic E-state index is 0.226. The molecule has 3 atom stereocenters. The summed E-state index contributed by atoms with van der Waals surface area (Å²) in [6.07, 6.45) is 12.4. The number of hydrogen-bond donors (Lipinski definition) is 1. The molecule has 3 heteroatoms. The molecular weight excluding hydrogens is 266 g/mol. The van der Waals surface area contributed by atoms with Crippen molar-refractivity contribution in [3.63, 3.8) is 0 Å². The van der Waals surface area contributed by atoms with Crippen LogP contribution in [0.5, 0.6) is 0 Å². The van der Waals surface area contributed by atoms with E-state index in [0.29, 0.717) is 12.1 Å². The van der Waals surface area contributed by atoms with Gasteiger partial charge in [-0.25, -0.2) is 0 Å². The maximum Gasteiger partial charge on any atom is 0.0795 e. The smallest absolute Gasteiger partial charge is 0.0795 e. The zero-order valence-corrected chi connectivity index (χ0v) is 13.9. The van der Waals surface area contributed by atoms with Crippen LogP contribution in [0.15, 0.2) is 0 Å². The molecule has 0 aromatic heterocycles. The van der Waals surface area contributed by atoms with E-state index in [-0.39, 0.29) is 5.60 Å². The van der Waals surface area contributed by atoms with Gasteiger partial charge in [0.1, 0.15) is 0 Å². The molecule has 3 rings (SSSR count). The standard InChI is InChI=1S/C17H31NOS/c1-14(15-6-4-2-3-5-7-15)18-16-8-10-19-17(12-16)9-11-20-13-17/h14-16,18H,2-13H2,1H3/t14-,16?,17?/m1/s1. The minimum Gasteiger partial charge on any atom is -0.374 e. The molecule has 2 saturated heterocycles. The molecule has 1 spiro atoms. The highest BCUT2D eigenvalue weighted by Crippen LogP contribution is 2.38. The summed E-state index contributed by atoms with van der Waals surface area (Å²) in [4.78, 5) is 0. The summed E-state index contributed by atoms with van der Waals surface area (Å²) >= 11 is 2.08. The zero-order chi connectivity index (χ0) is 13.8. The van der Waals surface area contributed by atoms with E-state index in [0.717, 1.165) is 12.5 Å². The molecule has 2 heterocycles. The predicted octanol–water partition coefficient (Wildman–Crippen LogP) is 3.99. The topological polar surface area (TPSA) is 21.3 Å². The Bertz CT molecular complexity index is 295. The van der Waals surface area contributed by atoms with E-state index >= 15 is 0 Å². The van der Waals surface area contributed by atoms with Crippen molar-refractivity contribution in [3.05, 3.63) is 0 Å². The first-order valence-electron chi connectivity index (χ1n) is 8.75. The van der Waals surface area contributed by atoms with Crippen LogP contribution in [0.25, 0.3) is 0 Å². The number of ether oxygens (including phenoxy) is 1. The van der Waals surface area contributed by atoms with Crippen molar-refractivity contribution < 1.29 is 4.74 Å². The van der Waals surface area contributed by atoms with Gasteiger partial charge in [-0.2, -0.15) is 11.8 Å². The van der Waals surface area contributed by atoms with Gasteiger partial charge in [0, 0.05) is 24.4 Å². The SMILES string of the molecule is C[C@@H](NC1CCOC2(CCSC2)C1)C1CCCCCC1. The average molecular weight is 298 g/mol. The Balaban J connectivity index is 1.51. The highest BCUT2D eigenvalue weighted by atomic mass is 32.2. The molecule has 116 valence electrons. The Hall–Kier alpha value is 0.270. The van der Waals surface area contributed by atoms with Gasteiger partial charge in [0.15, 0.2) is 0 Å². The number of nitrogens with one attached hydrogen (secondary N) is 1. The van der Waals surface area contributed by atoms with Gasteiger partial charge < -0.3 is 10.1 Å². The largest absolute Gasteiger partial charge is 0.374 e. The summed E-state index contributed by atoms with van der Waals surface area (Å²) in [5.41, 5.74) is 0.226. The molecule has 0 radical (unpaired) electrons. The van der Waals surface area contributed by atoms with Gasteiger partial charge >= 0.3 is 0 Å². The molecule has 2 aliphatic heterocycles. The van der Waals surface area contributed by atoms with Crippen LogP contribution in [-0.2, 0) is 4.74 Å². The van der Waals surface area contributed by atoms with Crippen molar-refractivity contribution in [2.45, 2.75) is 82.4 Å². The second-order valence-corrected chi connectivity index (χ2v) is 8.34. The first-order valence-corrected chi connectivity index (χ1v) is 9.91. The van der Waals surface area contributed by atoms with Crippen LogP contribution in [0, 0.1) is 5.92 Å². The van der Waals surface area contributed by atoms with Gasteiger partial charge in [-0.15, -0.1) is 0 Å². The molecule has 1 N–H and O–H groups in total. The van der Waals surface area contributed by atoms with E-state index < -0.39 is 0 Å². The first-order chi connectivity index (χ1) is 9.77. The van der Waals surface area contributed by atoms with Crippen LogP contribution < -0.4 is 5.32 Å². The van der Waals surface area contributed by atoms with Crippen molar-refractivity contribution in [1.29, 1.82) is 0 Å². The van der Waals surface area contributed by atoms with Crippen molar-refractivity contribution in [3.8, 4) is 0 Å². The second kappa shape index (κ2) is 7.02. The Kier molecular flexibility index (Phi) is 5.33. The Morgan fingerprint density at radius 3 is 2.65 bits per heavy atom. The normalized spacial score (nSPS) is 38.0. The highest BCUT2D eigenvalue weighted by Gasteiger charge is 2.40. The summed E-state index contributed by atoms with van der Waals surface area (Å²) in [6.45, 7) is 3.40. The lowest BCUT2D eigenvalue weighted by Gasteiger charge is -2.40. The van der Waals surface area contributed by atoms with Gasteiger partial charge in [0.2, 0.25) is 0 Å². The lowest BCUT2D eigenvalue weighted by Crippen LogP contribution is -2.50. The van der Waals surface area contributed by atoms with Crippen molar-refractivity contribution in [2.24, 2.45) is 5.92 Å². The summed E-state index contributed by atoms with van der Waals surface area (Å²) in [6, 6.07) is 1.39. The fourth-order valence-corrected chi connectivity index (χ4v) is 5.73. The quantitative estimate of drug-likeness (QED) is 0.796. The summed E-state index contributed by atoms with van der Waals surface area (Å²) in [5.74, 6) is 3.43. The van der Waals surface area contributed by atoms with Gasteiger partial charge in [-0.05, 0) is 50.7 Å². The first kappa shape index (κ1) is 15.2. The van der Waals surface area contributed by atoms with E-state index in [2.05, 4.69) is 24.0 Å². The van der Waals surface area contributed by atoms with Crippen LogP contribution >= 0.6 is 11.8 Å². The van der Waals surface area contributed by atoms with Gasteiger partial charge in [-0.1, -0.05) is 25.7 Å². The number of rotatable bonds is 3. The summed E-state index contributed by atoms with van der Waals surface area (Å²) in [7, 11) is 0. The van der Waals surface area contributed by atoms with Crippen LogP contribution in [-0.4, -0.2) is 35.8 Å². The third-order valence-corrected chi connectivity index (χ3v) is 6.89. The van der Waals surface area contributed by atoms with Gasteiger partial charge in [0.05, 0.1) is 5.60 Å². The van der Waals surface area contributed by atoms with E-state index in [1.165, 1.54) is 69.3 Å². The van der Waals surface area contributed by atoms with Crippen LogP contribution in [0.1, 0.15) is 64.7 Å². The fourth-order valence-electron chi connectivity index (χ4n) is 4.35. The number of thioether (sulfide) groups is 1. The van der Waals surface area contributed by atoms with Crippen molar-refractivity contribution in [2.75, 3.05) is 18.1 Å². The highest BCUT2D eigenvalue weighted by molar-refractivity contribution is 7.99. The molecule has 0 amide bonds. The van der Waals surface area contributed by atoms with E-state index in [1.54, 1.807) is 0 Å². The molecular formula is C17H31NOS. The monoisotopic (exact) mass is 297 g/mol. The van der Waals surface area contributed by atoms with E-state index in [1.807, 2.05) is 0 Å². The Labute approximate surface area is 128 Å². The third-order valence-electron chi connectivity index (χ3n) is 5.67. The van der Waals surface area contributed by atoms with Gasteiger partial charge in [0.25, 0.3) is 0 Å². The predicted molar refractivity (Wildman–Crippen MR) is 87.4 cm³/mol. The molecule has 2 nitrogen and oxygen atoms in total. The molecule has 2 unspecified atom stereocenters. The van der Waals surface area contributed by atoms with Crippen molar-refractivity contribution >= 4 is 11.8 Å². The molecule has 3 fully saturated rings. The average Bonchev–Trinajstić information content (AvgIpc) is 2.73. The molecule has 1 aliphatic carbocycles. The van der Waals surface area contributed by atoms with Gasteiger partial charge in [-0.3, -0.25) is 0 Å². The molecule has 0 aromatic rings. The lowest BCUT2D eigenvalue weighted by atomic mass is 9.87. The zero-order valence-electron chi connectivity index (χ0n) is 13.0. The number of hydrogen-bond acceptors (Lipinski definition) is 3. The van der Waals surface area contributed by atoms with Crippen LogP contribution in [0.2, 0.25) is 0 Å². The van der Waals surface area contributed by atoms with Crippen LogP contribution in [0.3, 0.4) is 0 Å². The molecule has 1 saturated carbocycles. The van der Waals surface area contributed by atoms with E-state index in [9.17, 15) is 0 Å². The lowest BCUT2D eigenvalue weighted by molar-refractivity contribution is -0.0719. The molecule has 3 aliphatic rings.